The Morgan fingerprint density at radius 2 is 2.33 bits per heavy atom. The Bertz CT molecular complexity index is 366. The third-order valence-corrected chi connectivity index (χ3v) is 2.04. The molecule has 15 heavy (non-hydrogen) atoms. The second-order valence-electron chi connectivity index (χ2n) is 3.11. The van der Waals surface area contributed by atoms with Gasteiger partial charge in [0.1, 0.15) is 0 Å². The molecule has 1 heterocycles. The average molecular weight is 208 g/mol. The van der Waals surface area contributed by atoms with Gasteiger partial charge in [0.05, 0.1) is 12.3 Å². The standard InChI is InChI=1S/C11H16N2O2/c1-4-13-10(6-7-12-13)9(3)8-11(14)15-5-2/h6-8H,4-5H2,1-3H3/b9-8+. The highest BCUT2D eigenvalue weighted by Gasteiger charge is 2.05. The maximum absolute atomic E-state index is 11.2. The Hall–Kier alpha value is -1.58. The predicted octanol–water partition coefficient (Wildman–Crippen LogP) is 1.87. The maximum Gasteiger partial charge on any atom is 0.331 e. The average Bonchev–Trinajstić information content (AvgIpc) is 2.65. The molecule has 0 unspecified atom stereocenters. The molecule has 0 N–H and O–H groups in total. The number of carbonyl (C=O) groups is 1. The minimum absolute atomic E-state index is 0.307. The van der Waals surface area contributed by atoms with E-state index in [1.807, 2.05) is 24.6 Å². The zero-order chi connectivity index (χ0) is 11.3. The lowest BCUT2D eigenvalue weighted by Gasteiger charge is -2.04. The van der Waals surface area contributed by atoms with E-state index < -0.39 is 0 Å². The predicted molar refractivity (Wildman–Crippen MR) is 58.2 cm³/mol. The fourth-order valence-electron chi connectivity index (χ4n) is 1.35. The number of nitrogens with zero attached hydrogens (tertiary/aromatic N) is 2. The van der Waals surface area contributed by atoms with Crippen molar-refractivity contribution in [1.82, 2.24) is 9.78 Å². The summed E-state index contributed by atoms with van der Waals surface area (Å²) >= 11 is 0. The van der Waals surface area contributed by atoms with Crippen LogP contribution in [-0.2, 0) is 16.1 Å². The smallest absolute Gasteiger partial charge is 0.331 e. The van der Waals surface area contributed by atoms with Gasteiger partial charge in [0.25, 0.3) is 0 Å². The number of rotatable bonds is 4. The second-order valence-corrected chi connectivity index (χ2v) is 3.11. The van der Waals surface area contributed by atoms with Crippen molar-refractivity contribution in [2.75, 3.05) is 6.61 Å². The molecule has 0 saturated carbocycles. The van der Waals surface area contributed by atoms with Crippen molar-refractivity contribution in [3.05, 3.63) is 24.0 Å². The molecule has 0 aromatic carbocycles. The van der Waals surface area contributed by atoms with E-state index in [9.17, 15) is 4.79 Å². The number of hydrogen-bond acceptors (Lipinski definition) is 3. The third kappa shape index (κ3) is 2.94. The van der Waals surface area contributed by atoms with E-state index in [2.05, 4.69) is 5.10 Å². The monoisotopic (exact) mass is 208 g/mol. The Labute approximate surface area is 89.5 Å². The number of carbonyl (C=O) groups excluding carboxylic acids is 1. The van der Waals surface area contributed by atoms with Crippen molar-refractivity contribution in [3.63, 3.8) is 0 Å². The number of esters is 1. The van der Waals surface area contributed by atoms with Crippen molar-refractivity contribution in [2.24, 2.45) is 0 Å². The molecule has 82 valence electrons. The van der Waals surface area contributed by atoms with Gasteiger partial charge in [0, 0.05) is 18.8 Å². The van der Waals surface area contributed by atoms with Gasteiger partial charge in [0.2, 0.25) is 0 Å². The highest BCUT2D eigenvalue weighted by atomic mass is 16.5. The van der Waals surface area contributed by atoms with Gasteiger partial charge in [-0.2, -0.15) is 5.10 Å². The Morgan fingerprint density at radius 1 is 1.60 bits per heavy atom. The molecule has 1 aromatic rings. The molecule has 0 aliphatic rings. The molecular formula is C11H16N2O2. The molecule has 0 aliphatic heterocycles. The van der Waals surface area contributed by atoms with E-state index in [4.69, 9.17) is 4.74 Å². The molecule has 0 radical (unpaired) electrons. The Morgan fingerprint density at radius 3 is 2.93 bits per heavy atom. The quantitative estimate of drug-likeness (QED) is 0.560. The molecule has 0 atom stereocenters. The number of ether oxygens (including phenoxy) is 1. The van der Waals surface area contributed by atoms with Crippen LogP contribution in [0.25, 0.3) is 5.57 Å². The van der Waals surface area contributed by atoms with Gasteiger partial charge in [-0.3, -0.25) is 4.68 Å². The van der Waals surface area contributed by atoms with Gasteiger partial charge >= 0.3 is 5.97 Å². The van der Waals surface area contributed by atoms with Crippen molar-refractivity contribution in [2.45, 2.75) is 27.3 Å². The molecule has 1 aromatic heterocycles. The summed E-state index contributed by atoms with van der Waals surface area (Å²) in [5.41, 5.74) is 1.82. The lowest BCUT2D eigenvalue weighted by atomic mass is 10.2. The molecule has 4 nitrogen and oxygen atoms in total. The lowest BCUT2D eigenvalue weighted by Crippen LogP contribution is -2.04. The van der Waals surface area contributed by atoms with Crippen LogP contribution in [0, 0.1) is 0 Å². The topological polar surface area (TPSA) is 44.1 Å². The van der Waals surface area contributed by atoms with Gasteiger partial charge in [-0.25, -0.2) is 4.79 Å². The molecule has 0 aliphatic carbocycles. The SMILES string of the molecule is CCOC(=O)/C=C(\C)c1ccnn1CC. The summed E-state index contributed by atoms with van der Waals surface area (Å²) in [7, 11) is 0. The fourth-order valence-corrected chi connectivity index (χ4v) is 1.35. The van der Waals surface area contributed by atoms with Gasteiger partial charge in [-0.05, 0) is 32.4 Å². The van der Waals surface area contributed by atoms with E-state index in [-0.39, 0.29) is 5.97 Å². The third-order valence-electron chi connectivity index (χ3n) is 2.04. The molecule has 4 heteroatoms. The van der Waals surface area contributed by atoms with Crippen LogP contribution in [0.2, 0.25) is 0 Å². The first-order valence-corrected chi connectivity index (χ1v) is 5.06. The van der Waals surface area contributed by atoms with Crippen LogP contribution in [-0.4, -0.2) is 22.4 Å². The van der Waals surface area contributed by atoms with Crippen LogP contribution < -0.4 is 0 Å². The molecule has 0 amide bonds. The van der Waals surface area contributed by atoms with Crippen molar-refractivity contribution >= 4 is 11.5 Å². The summed E-state index contributed by atoms with van der Waals surface area (Å²) < 4.78 is 6.68. The first-order valence-electron chi connectivity index (χ1n) is 5.06. The minimum atomic E-state index is -0.307. The lowest BCUT2D eigenvalue weighted by molar-refractivity contribution is -0.137. The summed E-state index contributed by atoms with van der Waals surface area (Å²) in [4.78, 5) is 11.2. The summed E-state index contributed by atoms with van der Waals surface area (Å²) in [5.74, 6) is -0.307. The van der Waals surface area contributed by atoms with Crippen LogP contribution in [0.3, 0.4) is 0 Å². The van der Waals surface area contributed by atoms with E-state index in [1.54, 1.807) is 13.1 Å². The molecule has 0 bridgehead atoms. The minimum Gasteiger partial charge on any atom is -0.463 e. The summed E-state index contributed by atoms with van der Waals surface area (Å²) in [5, 5.41) is 4.13. The first-order chi connectivity index (χ1) is 7.19. The Kier molecular flexibility index (Phi) is 4.09. The van der Waals surface area contributed by atoms with E-state index in [1.165, 1.54) is 6.08 Å². The van der Waals surface area contributed by atoms with Gasteiger partial charge in [-0.1, -0.05) is 0 Å². The largest absolute Gasteiger partial charge is 0.463 e. The second kappa shape index (κ2) is 5.34. The zero-order valence-corrected chi connectivity index (χ0v) is 9.36. The van der Waals surface area contributed by atoms with E-state index in [0.29, 0.717) is 6.61 Å². The highest BCUT2D eigenvalue weighted by Crippen LogP contribution is 2.12. The van der Waals surface area contributed by atoms with Gasteiger partial charge in [-0.15, -0.1) is 0 Å². The van der Waals surface area contributed by atoms with Gasteiger partial charge < -0.3 is 4.74 Å². The van der Waals surface area contributed by atoms with Crippen LogP contribution in [0.5, 0.6) is 0 Å². The fraction of sp³-hybridized carbons (Fsp3) is 0.455. The Balaban J connectivity index is 2.84. The number of allylic oxidation sites excluding steroid dienone is 1. The molecule has 0 fully saturated rings. The molecule has 0 spiro atoms. The molecule has 1 rings (SSSR count). The van der Waals surface area contributed by atoms with Crippen LogP contribution in [0.15, 0.2) is 18.3 Å². The summed E-state index contributed by atoms with van der Waals surface area (Å²) in [6.45, 7) is 6.86. The van der Waals surface area contributed by atoms with E-state index >= 15 is 0 Å². The highest BCUT2D eigenvalue weighted by molar-refractivity contribution is 5.90. The first kappa shape index (κ1) is 11.5. The van der Waals surface area contributed by atoms with Crippen LogP contribution in [0.4, 0.5) is 0 Å². The van der Waals surface area contributed by atoms with Crippen LogP contribution in [0.1, 0.15) is 26.5 Å². The number of aromatic nitrogens is 2. The number of aryl methyl sites for hydroxylation is 1. The van der Waals surface area contributed by atoms with Gasteiger partial charge in [0.15, 0.2) is 0 Å². The molecular weight excluding hydrogens is 192 g/mol. The van der Waals surface area contributed by atoms with Crippen molar-refractivity contribution in [1.29, 1.82) is 0 Å². The van der Waals surface area contributed by atoms with E-state index in [0.717, 1.165) is 17.8 Å². The molecule has 0 saturated heterocycles. The van der Waals surface area contributed by atoms with Crippen LogP contribution >= 0.6 is 0 Å². The van der Waals surface area contributed by atoms with Crippen molar-refractivity contribution in [3.8, 4) is 0 Å². The normalized spacial score (nSPS) is 11.5. The zero-order valence-electron chi connectivity index (χ0n) is 9.36. The maximum atomic E-state index is 11.2. The van der Waals surface area contributed by atoms with Crippen molar-refractivity contribution < 1.29 is 9.53 Å². The summed E-state index contributed by atoms with van der Waals surface area (Å²) in [6, 6.07) is 1.88. The summed E-state index contributed by atoms with van der Waals surface area (Å²) in [6.07, 6.45) is 3.22. The number of hydrogen-bond donors (Lipinski definition) is 0.